The van der Waals surface area contributed by atoms with Crippen molar-refractivity contribution in [2.75, 3.05) is 0 Å². The Balaban J connectivity index is 2.65. The minimum atomic E-state index is -0.335. The lowest BCUT2D eigenvalue weighted by Gasteiger charge is -2.04. The van der Waals surface area contributed by atoms with Crippen LogP contribution in [0.1, 0.15) is 17.3 Å². The van der Waals surface area contributed by atoms with Crippen molar-refractivity contribution in [1.82, 2.24) is 9.78 Å². The second kappa shape index (κ2) is 4.40. The molecule has 16 heavy (non-hydrogen) atoms. The number of hydrogen-bond acceptors (Lipinski definition) is 4. The normalized spacial score (nSPS) is 10.3. The minimum Gasteiger partial charge on any atom is -0.298 e. The summed E-state index contributed by atoms with van der Waals surface area (Å²) in [4.78, 5) is 23.4. The van der Waals surface area contributed by atoms with Crippen molar-refractivity contribution in [3.05, 3.63) is 39.5 Å². The summed E-state index contributed by atoms with van der Waals surface area (Å²) in [6, 6.07) is 5.35. The van der Waals surface area contributed by atoms with Crippen molar-refractivity contribution < 1.29 is 4.79 Å². The van der Waals surface area contributed by atoms with E-state index in [2.05, 4.69) is 5.10 Å². The molecule has 0 atom stereocenters. The smallest absolute Gasteiger partial charge is 0.277 e. The van der Waals surface area contributed by atoms with Crippen molar-refractivity contribution >= 4 is 17.6 Å². The molecule has 4 nitrogen and oxygen atoms in total. The predicted octanol–water partition coefficient (Wildman–Crippen LogP) is 1.80. The number of aromatic nitrogens is 2. The van der Waals surface area contributed by atoms with Gasteiger partial charge in [0.2, 0.25) is 0 Å². The maximum atomic E-state index is 11.6. The Kier molecular flexibility index (Phi) is 2.96. The van der Waals surface area contributed by atoms with Gasteiger partial charge in [-0.05, 0) is 24.4 Å². The van der Waals surface area contributed by atoms with Gasteiger partial charge < -0.3 is 0 Å². The molecule has 5 heteroatoms. The Bertz CT molecular complexity index is 558. The SMILES string of the molecule is CCn1nc(-c2cccs2)cc(C=O)c1=O. The fourth-order valence-electron chi connectivity index (χ4n) is 1.41. The molecule has 2 aromatic heterocycles. The van der Waals surface area contributed by atoms with E-state index in [4.69, 9.17) is 0 Å². The quantitative estimate of drug-likeness (QED) is 0.761. The summed E-state index contributed by atoms with van der Waals surface area (Å²) in [5.41, 5.74) is 0.483. The van der Waals surface area contributed by atoms with E-state index < -0.39 is 0 Å². The van der Waals surface area contributed by atoms with E-state index in [1.807, 2.05) is 24.4 Å². The highest BCUT2D eigenvalue weighted by molar-refractivity contribution is 7.13. The van der Waals surface area contributed by atoms with Crippen LogP contribution in [0, 0.1) is 0 Å². The monoisotopic (exact) mass is 234 g/mol. The molecular formula is C11H10N2O2S. The number of carbonyl (C=O) groups is 1. The van der Waals surface area contributed by atoms with Crippen molar-refractivity contribution in [2.45, 2.75) is 13.5 Å². The van der Waals surface area contributed by atoms with Crippen LogP contribution in [0.4, 0.5) is 0 Å². The zero-order valence-electron chi connectivity index (χ0n) is 8.71. The first-order chi connectivity index (χ1) is 7.76. The van der Waals surface area contributed by atoms with Crippen LogP contribution < -0.4 is 5.56 Å². The number of aryl methyl sites for hydroxylation is 1. The summed E-state index contributed by atoms with van der Waals surface area (Å²) in [6.45, 7) is 2.28. The van der Waals surface area contributed by atoms with E-state index in [9.17, 15) is 9.59 Å². The van der Waals surface area contributed by atoms with Crippen LogP contribution in [0.2, 0.25) is 0 Å². The van der Waals surface area contributed by atoms with E-state index in [0.29, 0.717) is 18.5 Å². The Morgan fingerprint density at radius 3 is 2.94 bits per heavy atom. The van der Waals surface area contributed by atoms with Gasteiger partial charge in [0.1, 0.15) is 5.69 Å². The molecule has 2 rings (SSSR count). The van der Waals surface area contributed by atoms with Crippen molar-refractivity contribution in [3.8, 4) is 10.6 Å². The van der Waals surface area contributed by atoms with Crippen LogP contribution in [-0.4, -0.2) is 16.1 Å². The Labute approximate surface area is 96.2 Å². The molecule has 0 aliphatic carbocycles. The van der Waals surface area contributed by atoms with Gasteiger partial charge in [-0.25, -0.2) is 4.68 Å². The van der Waals surface area contributed by atoms with Crippen LogP contribution in [0.5, 0.6) is 0 Å². The van der Waals surface area contributed by atoms with Gasteiger partial charge in [-0.2, -0.15) is 5.10 Å². The first-order valence-electron chi connectivity index (χ1n) is 4.87. The number of nitrogens with zero attached hydrogens (tertiary/aromatic N) is 2. The lowest BCUT2D eigenvalue weighted by Crippen LogP contribution is -2.25. The Hall–Kier alpha value is -1.75. The molecule has 0 N–H and O–H groups in total. The largest absolute Gasteiger partial charge is 0.298 e. The average Bonchev–Trinajstić information content (AvgIpc) is 2.83. The van der Waals surface area contributed by atoms with Gasteiger partial charge >= 0.3 is 0 Å². The molecular weight excluding hydrogens is 224 g/mol. The van der Waals surface area contributed by atoms with Crippen LogP contribution >= 0.6 is 11.3 Å². The first-order valence-corrected chi connectivity index (χ1v) is 5.75. The fourth-order valence-corrected chi connectivity index (χ4v) is 2.09. The first kappa shape index (κ1) is 10.8. The van der Waals surface area contributed by atoms with E-state index in [1.54, 1.807) is 0 Å². The molecule has 0 saturated heterocycles. The van der Waals surface area contributed by atoms with E-state index in [-0.39, 0.29) is 11.1 Å². The number of hydrogen-bond donors (Lipinski definition) is 0. The lowest BCUT2D eigenvalue weighted by molar-refractivity contribution is 0.112. The van der Waals surface area contributed by atoms with Crippen molar-refractivity contribution in [3.63, 3.8) is 0 Å². The molecule has 0 spiro atoms. The van der Waals surface area contributed by atoms with E-state index in [0.717, 1.165) is 4.88 Å². The minimum absolute atomic E-state index is 0.153. The van der Waals surface area contributed by atoms with Crippen LogP contribution in [0.15, 0.2) is 28.4 Å². The predicted molar refractivity (Wildman–Crippen MR) is 62.9 cm³/mol. The summed E-state index contributed by atoms with van der Waals surface area (Å²) < 4.78 is 1.30. The highest BCUT2D eigenvalue weighted by atomic mass is 32.1. The molecule has 0 aliphatic rings. The average molecular weight is 234 g/mol. The van der Waals surface area contributed by atoms with Crippen LogP contribution in [0.25, 0.3) is 10.6 Å². The van der Waals surface area contributed by atoms with Crippen LogP contribution in [0.3, 0.4) is 0 Å². The topological polar surface area (TPSA) is 52.0 Å². The summed E-state index contributed by atoms with van der Waals surface area (Å²) in [7, 11) is 0. The third-order valence-electron chi connectivity index (χ3n) is 2.20. The highest BCUT2D eigenvalue weighted by Crippen LogP contribution is 2.21. The molecule has 2 aromatic rings. The number of rotatable bonds is 3. The standard InChI is InChI=1S/C11H10N2O2S/c1-2-13-11(15)8(7-14)6-9(12-13)10-4-3-5-16-10/h3-7H,2H2,1H3. The lowest BCUT2D eigenvalue weighted by atomic mass is 10.2. The molecule has 0 fully saturated rings. The van der Waals surface area contributed by atoms with Gasteiger partial charge in [-0.1, -0.05) is 6.07 Å². The Morgan fingerprint density at radius 1 is 1.56 bits per heavy atom. The third kappa shape index (κ3) is 1.81. The van der Waals surface area contributed by atoms with Gasteiger partial charge in [-0.3, -0.25) is 9.59 Å². The second-order valence-electron chi connectivity index (χ2n) is 3.20. The van der Waals surface area contributed by atoms with Gasteiger partial charge in [0.15, 0.2) is 6.29 Å². The maximum absolute atomic E-state index is 11.6. The Morgan fingerprint density at radius 2 is 2.38 bits per heavy atom. The molecule has 0 radical (unpaired) electrons. The zero-order chi connectivity index (χ0) is 11.5. The molecule has 0 saturated carbocycles. The van der Waals surface area contributed by atoms with E-state index >= 15 is 0 Å². The van der Waals surface area contributed by atoms with Gasteiger partial charge in [0.05, 0.1) is 10.4 Å². The highest BCUT2D eigenvalue weighted by Gasteiger charge is 2.08. The van der Waals surface area contributed by atoms with Crippen molar-refractivity contribution in [1.29, 1.82) is 0 Å². The van der Waals surface area contributed by atoms with Gasteiger partial charge in [0, 0.05) is 6.54 Å². The summed E-state index contributed by atoms with van der Waals surface area (Å²) >= 11 is 1.53. The summed E-state index contributed by atoms with van der Waals surface area (Å²) in [5.74, 6) is 0. The van der Waals surface area contributed by atoms with Crippen LogP contribution in [-0.2, 0) is 6.54 Å². The molecule has 82 valence electrons. The van der Waals surface area contributed by atoms with E-state index in [1.165, 1.54) is 22.1 Å². The molecule has 2 heterocycles. The maximum Gasteiger partial charge on any atom is 0.277 e. The number of aldehydes is 1. The number of thiophene rings is 1. The molecule has 0 unspecified atom stereocenters. The van der Waals surface area contributed by atoms with Crippen molar-refractivity contribution in [2.24, 2.45) is 0 Å². The third-order valence-corrected chi connectivity index (χ3v) is 3.09. The summed E-state index contributed by atoms with van der Waals surface area (Å²) in [5, 5.41) is 6.13. The second-order valence-corrected chi connectivity index (χ2v) is 4.15. The van der Waals surface area contributed by atoms with Gasteiger partial charge in [0.25, 0.3) is 5.56 Å². The molecule has 0 aromatic carbocycles. The van der Waals surface area contributed by atoms with Gasteiger partial charge in [-0.15, -0.1) is 11.3 Å². The molecule has 0 amide bonds. The zero-order valence-corrected chi connectivity index (χ0v) is 9.53. The summed E-state index contributed by atoms with van der Waals surface area (Å²) in [6.07, 6.45) is 0.577. The molecule has 0 bridgehead atoms. The molecule has 0 aliphatic heterocycles. The fraction of sp³-hybridized carbons (Fsp3) is 0.182. The number of carbonyl (C=O) groups excluding carboxylic acids is 1.